The fourth-order valence-electron chi connectivity index (χ4n) is 2.77. The zero-order valence-electron chi connectivity index (χ0n) is 13.5. The summed E-state index contributed by atoms with van der Waals surface area (Å²) in [5.74, 6) is 1.28. The third-order valence-electron chi connectivity index (χ3n) is 4.00. The highest BCUT2D eigenvalue weighted by Crippen LogP contribution is 2.26. The van der Waals surface area contributed by atoms with Crippen molar-refractivity contribution in [3.8, 4) is 23.5 Å². The fourth-order valence-corrected chi connectivity index (χ4v) is 2.77. The first-order valence-corrected chi connectivity index (χ1v) is 8.02. The number of aromatic amines is 2. The number of aromatic nitrogens is 5. The van der Waals surface area contributed by atoms with Crippen molar-refractivity contribution >= 4 is 21.8 Å². The summed E-state index contributed by atoms with van der Waals surface area (Å²) in [7, 11) is 0. The van der Waals surface area contributed by atoms with Crippen LogP contribution in [-0.4, -0.2) is 24.9 Å². The fraction of sp³-hybridized carbons (Fsp3) is 0. The van der Waals surface area contributed by atoms with Crippen LogP contribution < -0.4 is 9.47 Å². The van der Waals surface area contributed by atoms with Gasteiger partial charge < -0.3 is 19.4 Å². The Bertz CT molecular complexity index is 1120. The summed E-state index contributed by atoms with van der Waals surface area (Å²) >= 11 is 0. The van der Waals surface area contributed by atoms with Crippen molar-refractivity contribution < 1.29 is 9.47 Å². The predicted octanol–water partition coefficient (Wildman–Crippen LogP) is 4.42. The van der Waals surface area contributed by atoms with Gasteiger partial charge >= 0.3 is 12.0 Å². The van der Waals surface area contributed by atoms with Crippen molar-refractivity contribution in [2.24, 2.45) is 0 Å². The summed E-state index contributed by atoms with van der Waals surface area (Å²) < 4.78 is 11.5. The van der Waals surface area contributed by atoms with E-state index in [1.807, 2.05) is 60.9 Å². The van der Waals surface area contributed by atoms with Gasteiger partial charge in [0.15, 0.2) is 0 Å². The lowest BCUT2D eigenvalue weighted by atomic mass is 10.2. The molecule has 0 bridgehead atoms. The van der Waals surface area contributed by atoms with E-state index < -0.39 is 0 Å². The summed E-state index contributed by atoms with van der Waals surface area (Å²) in [6.45, 7) is 0. The zero-order chi connectivity index (χ0) is 17.3. The molecule has 0 amide bonds. The van der Waals surface area contributed by atoms with Crippen LogP contribution in [0.2, 0.25) is 0 Å². The van der Waals surface area contributed by atoms with E-state index in [4.69, 9.17) is 9.47 Å². The van der Waals surface area contributed by atoms with E-state index in [-0.39, 0.29) is 12.0 Å². The summed E-state index contributed by atoms with van der Waals surface area (Å²) in [5, 5.41) is 2.10. The molecule has 0 saturated carbocycles. The van der Waals surface area contributed by atoms with Crippen LogP contribution in [0, 0.1) is 0 Å². The van der Waals surface area contributed by atoms with Gasteiger partial charge in [0.1, 0.15) is 17.8 Å². The van der Waals surface area contributed by atoms with E-state index in [0.717, 1.165) is 21.8 Å². The van der Waals surface area contributed by atoms with Gasteiger partial charge in [-0.15, -0.1) is 4.98 Å². The van der Waals surface area contributed by atoms with Crippen LogP contribution in [0.1, 0.15) is 0 Å². The van der Waals surface area contributed by atoms with E-state index >= 15 is 0 Å². The molecule has 3 aromatic heterocycles. The van der Waals surface area contributed by atoms with Gasteiger partial charge in [-0.2, -0.15) is 9.97 Å². The number of H-pyrrole nitrogens is 2. The lowest BCUT2D eigenvalue weighted by molar-refractivity contribution is 0.397. The first kappa shape index (κ1) is 14.5. The molecule has 26 heavy (non-hydrogen) atoms. The number of hydrogen-bond donors (Lipinski definition) is 2. The zero-order valence-corrected chi connectivity index (χ0v) is 13.5. The Kier molecular flexibility index (Phi) is 3.28. The van der Waals surface area contributed by atoms with E-state index in [1.165, 1.54) is 6.33 Å². The van der Waals surface area contributed by atoms with E-state index in [1.54, 1.807) is 0 Å². The Morgan fingerprint density at radius 3 is 1.73 bits per heavy atom. The monoisotopic (exact) mass is 343 g/mol. The van der Waals surface area contributed by atoms with Gasteiger partial charge in [-0.05, 0) is 48.5 Å². The van der Waals surface area contributed by atoms with E-state index in [0.29, 0.717) is 11.5 Å². The van der Waals surface area contributed by atoms with Gasteiger partial charge in [0.25, 0.3) is 0 Å². The average Bonchev–Trinajstić information content (AvgIpc) is 3.30. The molecule has 7 heteroatoms. The number of nitrogens with zero attached hydrogens (tertiary/aromatic N) is 3. The normalized spacial score (nSPS) is 11.1. The summed E-state index contributed by atoms with van der Waals surface area (Å²) in [6, 6.07) is 15.7. The van der Waals surface area contributed by atoms with E-state index in [2.05, 4.69) is 24.9 Å². The SMILES string of the molecule is c1nc(Oc2ccc3[nH]ccc3c2)nc(Oc2ccc3[nH]ccc3c2)n1. The summed E-state index contributed by atoms with van der Waals surface area (Å²) in [5.41, 5.74) is 2.08. The summed E-state index contributed by atoms with van der Waals surface area (Å²) in [6.07, 6.45) is 5.12. The van der Waals surface area contributed by atoms with Crippen LogP contribution in [0.3, 0.4) is 0 Å². The third kappa shape index (κ3) is 2.71. The third-order valence-corrected chi connectivity index (χ3v) is 4.00. The lowest BCUT2D eigenvalue weighted by Gasteiger charge is -2.06. The average molecular weight is 343 g/mol. The van der Waals surface area contributed by atoms with E-state index in [9.17, 15) is 0 Å². The second kappa shape index (κ2) is 5.89. The molecule has 0 aliphatic rings. The smallest absolute Gasteiger partial charge is 0.328 e. The quantitative estimate of drug-likeness (QED) is 0.504. The molecular weight excluding hydrogens is 330 g/mol. The summed E-state index contributed by atoms with van der Waals surface area (Å²) in [4.78, 5) is 18.6. The molecule has 5 rings (SSSR count). The van der Waals surface area contributed by atoms with Crippen molar-refractivity contribution in [2.45, 2.75) is 0 Å². The lowest BCUT2D eigenvalue weighted by Crippen LogP contribution is -1.97. The van der Waals surface area contributed by atoms with Crippen molar-refractivity contribution in [3.05, 3.63) is 67.3 Å². The Balaban J connectivity index is 1.39. The first-order valence-electron chi connectivity index (χ1n) is 8.02. The molecular formula is C19H13N5O2. The highest BCUT2D eigenvalue weighted by atomic mass is 16.5. The second-order valence-electron chi connectivity index (χ2n) is 5.71. The minimum absolute atomic E-state index is 0.174. The maximum Gasteiger partial charge on any atom is 0.328 e. The maximum absolute atomic E-state index is 5.73. The van der Waals surface area contributed by atoms with Crippen LogP contribution in [0.4, 0.5) is 0 Å². The van der Waals surface area contributed by atoms with Crippen molar-refractivity contribution in [1.29, 1.82) is 0 Å². The van der Waals surface area contributed by atoms with Gasteiger partial charge in [-0.1, -0.05) is 0 Å². The van der Waals surface area contributed by atoms with Gasteiger partial charge in [0.2, 0.25) is 0 Å². The van der Waals surface area contributed by atoms with Gasteiger partial charge in [-0.25, -0.2) is 0 Å². The minimum Gasteiger partial charge on any atom is -0.424 e. The Morgan fingerprint density at radius 2 is 1.19 bits per heavy atom. The maximum atomic E-state index is 5.73. The number of fused-ring (bicyclic) bond motifs is 2. The minimum atomic E-state index is 0.174. The van der Waals surface area contributed by atoms with Crippen LogP contribution in [0.15, 0.2) is 67.3 Å². The molecule has 0 fully saturated rings. The van der Waals surface area contributed by atoms with Crippen molar-refractivity contribution in [2.75, 3.05) is 0 Å². The Morgan fingerprint density at radius 1 is 0.654 bits per heavy atom. The van der Waals surface area contributed by atoms with Gasteiger partial charge in [0, 0.05) is 34.2 Å². The van der Waals surface area contributed by atoms with Crippen LogP contribution in [0.5, 0.6) is 23.5 Å². The number of benzene rings is 2. The van der Waals surface area contributed by atoms with Crippen molar-refractivity contribution in [1.82, 2.24) is 24.9 Å². The molecule has 0 radical (unpaired) electrons. The largest absolute Gasteiger partial charge is 0.424 e. The first-order chi connectivity index (χ1) is 12.8. The topological polar surface area (TPSA) is 88.7 Å². The number of nitrogens with one attached hydrogen (secondary N) is 2. The molecule has 0 unspecified atom stereocenters. The number of hydrogen-bond acceptors (Lipinski definition) is 5. The van der Waals surface area contributed by atoms with Crippen LogP contribution >= 0.6 is 0 Å². The number of ether oxygens (including phenoxy) is 2. The second-order valence-corrected chi connectivity index (χ2v) is 5.71. The standard InChI is InChI=1S/C19H13N5O2/c1-3-16-12(5-7-20-16)9-14(1)25-18-22-11-23-19(24-18)26-15-2-4-17-13(10-15)6-8-21-17/h1-11,20-21H. The highest BCUT2D eigenvalue weighted by molar-refractivity contribution is 5.81. The molecule has 3 heterocycles. The van der Waals surface area contributed by atoms with Crippen molar-refractivity contribution in [3.63, 3.8) is 0 Å². The molecule has 2 aromatic carbocycles. The molecule has 7 nitrogen and oxygen atoms in total. The molecule has 5 aromatic rings. The van der Waals surface area contributed by atoms with Gasteiger partial charge in [-0.3, -0.25) is 0 Å². The number of rotatable bonds is 4. The molecule has 0 spiro atoms. The molecule has 0 saturated heterocycles. The Hall–Kier alpha value is -3.87. The van der Waals surface area contributed by atoms with Crippen LogP contribution in [0.25, 0.3) is 21.8 Å². The molecule has 0 aliphatic heterocycles. The molecule has 0 atom stereocenters. The van der Waals surface area contributed by atoms with Gasteiger partial charge in [0.05, 0.1) is 0 Å². The highest BCUT2D eigenvalue weighted by Gasteiger charge is 2.07. The molecule has 126 valence electrons. The van der Waals surface area contributed by atoms with Crippen LogP contribution in [-0.2, 0) is 0 Å². The predicted molar refractivity (Wildman–Crippen MR) is 96.6 cm³/mol. The molecule has 2 N–H and O–H groups in total. The Labute approximate surface area is 147 Å². The molecule has 0 aliphatic carbocycles.